The summed E-state index contributed by atoms with van der Waals surface area (Å²) in [5.74, 6) is -0.921. The molecule has 6 amide bonds. The van der Waals surface area contributed by atoms with Gasteiger partial charge in [0.05, 0.1) is 19.3 Å². The Bertz CT molecular complexity index is 884. The molecule has 2 aliphatic rings. The van der Waals surface area contributed by atoms with Crippen LogP contribution in [-0.2, 0) is 19.6 Å². The number of carbonyl (C=O) groups is 4. The molecule has 0 aliphatic carbocycles. The van der Waals surface area contributed by atoms with Gasteiger partial charge >= 0.3 is 12.1 Å². The molecule has 0 saturated carbocycles. The topological polar surface area (TPSA) is 145 Å². The van der Waals surface area contributed by atoms with Crippen molar-refractivity contribution in [1.29, 1.82) is 0 Å². The number of thiophene rings is 1. The highest BCUT2D eigenvalue weighted by molar-refractivity contribution is 7.88. The standard InChI is InChI=1S/C14H17N5O6S2/c1-27(24,25)19-5-4-18(14(19)23)13(22)17-10(9-3-2-6-26-9)12(21)16-8-7-15-11(8)20/h2-3,6,8,10H,4-5,7H2,1H3,(H,15,20)(H,16,21)(H,17,22). The van der Waals surface area contributed by atoms with E-state index in [9.17, 15) is 27.6 Å². The lowest BCUT2D eigenvalue weighted by Crippen LogP contribution is -2.63. The van der Waals surface area contributed by atoms with Crippen molar-refractivity contribution in [1.82, 2.24) is 25.2 Å². The first-order valence-corrected chi connectivity index (χ1v) is 10.6. The number of hydrogen-bond acceptors (Lipinski definition) is 7. The third-order valence-corrected chi connectivity index (χ3v) is 6.16. The smallest absolute Gasteiger partial charge is 0.341 e. The molecule has 1 aromatic heterocycles. The van der Waals surface area contributed by atoms with E-state index in [-0.39, 0.29) is 19.0 Å². The number of imide groups is 1. The molecule has 3 N–H and O–H groups in total. The number of carbonyl (C=O) groups excluding carboxylic acids is 4. The first kappa shape index (κ1) is 19.1. The van der Waals surface area contributed by atoms with Crippen LogP contribution in [-0.4, -0.2) is 73.4 Å². The van der Waals surface area contributed by atoms with Gasteiger partial charge in [0.25, 0.3) is 0 Å². The van der Waals surface area contributed by atoms with Crippen LogP contribution in [0.5, 0.6) is 0 Å². The Kier molecular flexibility index (Phi) is 5.06. The average molecular weight is 415 g/mol. The van der Waals surface area contributed by atoms with E-state index in [0.717, 1.165) is 11.2 Å². The van der Waals surface area contributed by atoms with Gasteiger partial charge in [-0.25, -0.2) is 27.2 Å². The van der Waals surface area contributed by atoms with Crippen LogP contribution < -0.4 is 16.0 Å². The van der Waals surface area contributed by atoms with Crippen molar-refractivity contribution >= 4 is 45.2 Å². The highest BCUT2D eigenvalue weighted by atomic mass is 32.2. The number of sulfonamides is 1. The Morgan fingerprint density at radius 3 is 2.56 bits per heavy atom. The summed E-state index contributed by atoms with van der Waals surface area (Å²) in [7, 11) is -3.78. The van der Waals surface area contributed by atoms with Gasteiger partial charge in [-0.15, -0.1) is 11.3 Å². The van der Waals surface area contributed by atoms with Crippen molar-refractivity contribution in [3.8, 4) is 0 Å². The van der Waals surface area contributed by atoms with Crippen molar-refractivity contribution in [3.05, 3.63) is 22.4 Å². The molecule has 2 atom stereocenters. The molecule has 146 valence electrons. The number of β-lactam (4-membered cyclic amide) rings is 1. The predicted molar refractivity (Wildman–Crippen MR) is 94.2 cm³/mol. The molecule has 11 nitrogen and oxygen atoms in total. The van der Waals surface area contributed by atoms with E-state index in [0.29, 0.717) is 15.7 Å². The summed E-state index contributed by atoms with van der Waals surface area (Å²) in [4.78, 5) is 49.8. The van der Waals surface area contributed by atoms with Crippen LogP contribution in [0.3, 0.4) is 0 Å². The van der Waals surface area contributed by atoms with E-state index in [1.807, 2.05) is 0 Å². The Balaban J connectivity index is 1.72. The van der Waals surface area contributed by atoms with Gasteiger partial charge in [0.15, 0.2) is 0 Å². The van der Waals surface area contributed by atoms with Gasteiger partial charge in [0.1, 0.15) is 12.1 Å². The monoisotopic (exact) mass is 415 g/mol. The predicted octanol–water partition coefficient (Wildman–Crippen LogP) is -1.19. The molecule has 0 bridgehead atoms. The zero-order chi connectivity index (χ0) is 19.8. The second-order valence-electron chi connectivity index (χ2n) is 5.97. The quantitative estimate of drug-likeness (QED) is 0.516. The first-order valence-electron chi connectivity index (χ1n) is 7.89. The van der Waals surface area contributed by atoms with E-state index in [1.54, 1.807) is 17.5 Å². The van der Waals surface area contributed by atoms with Crippen molar-refractivity contribution in [2.45, 2.75) is 12.1 Å². The van der Waals surface area contributed by atoms with E-state index >= 15 is 0 Å². The van der Waals surface area contributed by atoms with Crippen LogP contribution in [0.25, 0.3) is 0 Å². The summed E-state index contributed by atoms with van der Waals surface area (Å²) >= 11 is 1.22. The fraction of sp³-hybridized carbons (Fsp3) is 0.429. The van der Waals surface area contributed by atoms with Crippen molar-refractivity contribution in [2.24, 2.45) is 0 Å². The van der Waals surface area contributed by atoms with E-state index in [4.69, 9.17) is 0 Å². The maximum Gasteiger partial charge on any atom is 0.341 e. The molecule has 2 aliphatic heterocycles. The summed E-state index contributed by atoms with van der Waals surface area (Å²) < 4.78 is 23.7. The third kappa shape index (κ3) is 3.88. The summed E-state index contributed by atoms with van der Waals surface area (Å²) in [5, 5.41) is 9.18. The molecule has 2 unspecified atom stereocenters. The lowest BCUT2D eigenvalue weighted by molar-refractivity contribution is -0.134. The Hall–Kier alpha value is -2.67. The molecule has 2 saturated heterocycles. The molecule has 13 heteroatoms. The minimum atomic E-state index is -3.78. The van der Waals surface area contributed by atoms with Crippen LogP contribution in [0.15, 0.2) is 17.5 Å². The normalized spacial score (nSPS) is 20.7. The largest absolute Gasteiger partial charge is 0.352 e. The molecule has 27 heavy (non-hydrogen) atoms. The van der Waals surface area contributed by atoms with Crippen LogP contribution in [0, 0.1) is 0 Å². The van der Waals surface area contributed by atoms with Crippen molar-refractivity contribution in [2.75, 3.05) is 25.9 Å². The molecule has 3 heterocycles. The van der Waals surface area contributed by atoms with Gasteiger partial charge in [0, 0.05) is 11.4 Å². The molecule has 2 fully saturated rings. The fourth-order valence-electron chi connectivity index (χ4n) is 2.59. The van der Waals surface area contributed by atoms with Gasteiger partial charge < -0.3 is 16.0 Å². The minimum Gasteiger partial charge on any atom is -0.352 e. The number of urea groups is 2. The number of nitrogens with one attached hydrogen (secondary N) is 3. The Morgan fingerprint density at radius 2 is 2.07 bits per heavy atom. The number of rotatable bonds is 5. The Morgan fingerprint density at radius 1 is 1.33 bits per heavy atom. The summed E-state index contributed by atoms with van der Waals surface area (Å²) in [6, 6.07) is -0.340. The first-order chi connectivity index (χ1) is 12.7. The van der Waals surface area contributed by atoms with E-state index < -0.39 is 40.1 Å². The molecule has 1 aromatic rings. The molecule has 0 spiro atoms. The molecule has 3 rings (SSSR count). The second-order valence-corrected chi connectivity index (χ2v) is 8.86. The third-order valence-electron chi connectivity index (χ3n) is 4.09. The maximum absolute atomic E-state index is 12.5. The van der Waals surface area contributed by atoms with Gasteiger partial charge in [-0.3, -0.25) is 9.59 Å². The highest BCUT2D eigenvalue weighted by Gasteiger charge is 2.40. The van der Waals surface area contributed by atoms with Crippen molar-refractivity contribution in [3.63, 3.8) is 0 Å². The van der Waals surface area contributed by atoms with Crippen LogP contribution in [0.4, 0.5) is 9.59 Å². The van der Waals surface area contributed by atoms with E-state index in [2.05, 4.69) is 16.0 Å². The molecule has 0 aromatic carbocycles. The maximum atomic E-state index is 12.5. The highest BCUT2D eigenvalue weighted by Crippen LogP contribution is 2.21. The fourth-order valence-corrected chi connectivity index (χ4v) is 4.16. The lowest BCUT2D eigenvalue weighted by Gasteiger charge is -2.29. The average Bonchev–Trinajstić information content (AvgIpc) is 3.24. The van der Waals surface area contributed by atoms with Crippen LogP contribution >= 0.6 is 11.3 Å². The number of amides is 6. The minimum absolute atomic E-state index is 0.123. The molecular formula is C14H17N5O6S2. The van der Waals surface area contributed by atoms with Gasteiger partial charge in [0.2, 0.25) is 21.8 Å². The van der Waals surface area contributed by atoms with E-state index in [1.165, 1.54) is 11.3 Å². The molecular weight excluding hydrogens is 398 g/mol. The number of nitrogens with zero attached hydrogens (tertiary/aromatic N) is 2. The van der Waals surface area contributed by atoms with Crippen LogP contribution in [0.2, 0.25) is 0 Å². The van der Waals surface area contributed by atoms with Gasteiger partial charge in [-0.1, -0.05) is 6.07 Å². The lowest BCUT2D eigenvalue weighted by atomic mass is 10.1. The van der Waals surface area contributed by atoms with Gasteiger partial charge in [-0.2, -0.15) is 0 Å². The zero-order valence-corrected chi connectivity index (χ0v) is 15.8. The van der Waals surface area contributed by atoms with Gasteiger partial charge in [-0.05, 0) is 11.4 Å². The summed E-state index contributed by atoms with van der Waals surface area (Å²) in [5.41, 5.74) is 0. The van der Waals surface area contributed by atoms with Crippen molar-refractivity contribution < 1.29 is 27.6 Å². The number of hydrogen-bond donors (Lipinski definition) is 3. The summed E-state index contributed by atoms with van der Waals surface area (Å²) in [6.45, 7) is 0.0222. The second kappa shape index (κ2) is 7.15. The SMILES string of the molecule is CS(=O)(=O)N1CCN(C(=O)NC(C(=O)NC2CNC2=O)c2cccs2)C1=O. The van der Waals surface area contributed by atoms with Crippen LogP contribution in [0.1, 0.15) is 10.9 Å². The Labute approximate surface area is 158 Å². The summed E-state index contributed by atoms with van der Waals surface area (Å²) in [6.07, 6.45) is 0.873. The zero-order valence-electron chi connectivity index (χ0n) is 14.2. The molecule has 0 radical (unpaired) electrons.